The normalized spacial score (nSPS) is 13.0. The molecule has 0 radical (unpaired) electrons. The fourth-order valence-corrected chi connectivity index (χ4v) is 7.41. The van der Waals surface area contributed by atoms with Gasteiger partial charge in [-0.15, -0.1) is 0 Å². The molecule has 0 aromatic carbocycles. The summed E-state index contributed by atoms with van der Waals surface area (Å²) in [5.41, 5.74) is 0. The molecule has 0 spiro atoms. The van der Waals surface area contributed by atoms with Crippen molar-refractivity contribution < 1.29 is 28.6 Å². The summed E-state index contributed by atoms with van der Waals surface area (Å²) >= 11 is 0. The van der Waals surface area contributed by atoms with Crippen LogP contribution in [0.3, 0.4) is 0 Å². The smallest absolute Gasteiger partial charge is 0.306 e. The Hall–Kier alpha value is -4.19. The van der Waals surface area contributed by atoms with Crippen LogP contribution >= 0.6 is 0 Å². The van der Waals surface area contributed by atoms with Gasteiger partial charge in [-0.05, 0) is 77.0 Å². The molecule has 0 saturated carbocycles. The van der Waals surface area contributed by atoms with Crippen molar-refractivity contribution >= 4 is 17.9 Å². The number of esters is 3. The van der Waals surface area contributed by atoms with Crippen molar-refractivity contribution in [1.29, 1.82) is 0 Å². The van der Waals surface area contributed by atoms with Crippen LogP contribution in [0.4, 0.5) is 0 Å². The van der Waals surface area contributed by atoms with E-state index in [1.165, 1.54) is 116 Å². The summed E-state index contributed by atoms with van der Waals surface area (Å²) < 4.78 is 16.8. The molecule has 0 aromatic rings. The third-order valence-corrected chi connectivity index (χ3v) is 11.6. The Labute approximate surface area is 424 Å². The Morgan fingerprint density at radius 3 is 1.09 bits per heavy atom. The molecule has 0 bridgehead atoms. The van der Waals surface area contributed by atoms with E-state index in [1.54, 1.807) is 0 Å². The van der Waals surface area contributed by atoms with Crippen LogP contribution in [0.25, 0.3) is 0 Å². The molecule has 0 aliphatic carbocycles. The second-order valence-electron chi connectivity index (χ2n) is 18.3. The lowest BCUT2D eigenvalue weighted by Gasteiger charge is -2.18. The number of carbonyl (C=O) groups is 3. The maximum absolute atomic E-state index is 12.8. The second kappa shape index (κ2) is 56.4. The number of unbranched alkanes of at least 4 members (excludes halogenated alkanes) is 23. The van der Waals surface area contributed by atoms with E-state index in [-0.39, 0.29) is 37.5 Å². The molecule has 6 heteroatoms. The van der Waals surface area contributed by atoms with E-state index in [0.717, 1.165) is 77.0 Å². The number of ether oxygens (including phenoxy) is 3. The fraction of sp³-hybridized carbons (Fsp3) is 0.635. The minimum absolute atomic E-state index is 0.116. The average molecular weight is 956 g/mol. The van der Waals surface area contributed by atoms with E-state index >= 15 is 0 Å². The molecule has 1 unspecified atom stereocenters. The van der Waals surface area contributed by atoms with Gasteiger partial charge in [0.05, 0.1) is 0 Å². The highest BCUT2D eigenvalue weighted by atomic mass is 16.6. The number of allylic oxidation sites excluding steroid dienone is 20. The van der Waals surface area contributed by atoms with Gasteiger partial charge in [-0.1, -0.05) is 264 Å². The molecule has 6 nitrogen and oxygen atoms in total. The van der Waals surface area contributed by atoms with Crippen molar-refractivity contribution in [1.82, 2.24) is 0 Å². The predicted octanol–water partition coefficient (Wildman–Crippen LogP) is 18.9. The lowest BCUT2D eigenvalue weighted by atomic mass is 10.0. The summed E-state index contributed by atoms with van der Waals surface area (Å²) in [6.45, 7) is 6.39. The highest BCUT2D eigenvalue weighted by Gasteiger charge is 2.19. The van der Waals surface area contributed by atoms with Gasteiger partial charge in [-0.25, -0.2) is 0 Å². The Morgan fingerprint density at radius 1 is 0.319 bits per heavy atom. The first kappa shape index (κ1) is 64.8. The van der Waals surface area contributed by atoms with Gasteiger partial charge in [0.25, 0.3) is 0 Å². The third-order valence-electron chi connectivity index (χ3n) is 11.6. The summed E-state index contributed by atoms with van der Waals surface area (Å²) in [6.07, 6.45) is 77.6. The van der Waals surface area contributed by atoms with Crippen molar-refractivity contribution in [2.45, 2.75) is 245 Å². The summed E-state index contributed by atoms with van der Waals surface area (Å²) in [4.78, 5) is 38.1. The summed E-state index contributed by atoms with van der Waals surface area (Å²) in [5.74, 6) is -1.02. The van der Waals surface area contributed by atoms with Crippen LogP contribution in [-0.2, 0) is 28.6 Å². The van der Waals surface area contributed by atoms with Gasteiger partial charge in [0.1, 0.15) is 13.2 Å². The molecular formula is C63H102O6. The second-order valence-corrected chi connectivity index (χ2v) is 18.3. The average Bonchev–Trinajstić information content (AvgIpc) is 3.35. The molecule has 0 rings (SSSR count). The highest BCUT2D eigenvalue weighted by molar-refractivity contribution is 5.71. The quantitative estimate of drug-likeness (QED) is 0.0199. The molecule has 0 saturated heterocycles. The van der Waals surface area contributed by atoms with Crippen LogP contribution < -0.4 is 0 Å². The van der Waals surface area contributed by atoms with Crippen LogP contribution in [0.1, 0.15) is 239 Å². The molecule has 390 valence electrons. The number of hydrogen-bond acceptors (Lipinski definition) is 6. The van der Waals surface area contributed by atoms with E-state index in [2.05, 4.69) is 81.5 Å². The number of hydrogen-bond donors (Lipinski definition) is 0. The van der Waals surface area contributed by atoms with Crippen LogP contribution in [-0.4, -0.2) is 37.2 Å². The minimum atomic E-state index is -0.827. The first-order valence-corrected chi connectivity index (χ1v) is 28.1. The lowest BCUT2D eigenvalue weighted by molar-refractivity contribution is -0.167. The van der Waals surface area contributed by atoms with Gasteiger partial charge in [0, 0.05) is 19.3 Å². The Kier molecular flexibility index (Phi) is 53.0. The Bertz CT molecular complexity index is 1470. The van der Waals surface area contributed by atoms with E-state index in [1.807, 2.05) is 60.8 Å². The number of carbonyl (C=O) groups excluding carboxylic acids is 3. The highest BCUT2D eigenvalue weighted by Crippen LogP contribution is 2.15. The Morgan fingerprint density at radius 2 is 0.638 bits per heavy atom. The molecule has 0 aliphatic rings. The van der Waals surface area contributed by atoms with Gasteiger partial charge in [-0.2, -0.15) is 0 Å². The van der Waals surface area contributed by atoms with Crippen molar-refractivity contribution in [3.8, 4) is 0 Å². The first-order valence-electron chi connectivity index (χ1n) is 28.1. The minimum Gasteiger partial charge on any atom is -0.462 e. The summed E-state index contributed by atoms with van der Waals surface area (Å²) in [6, 6.07) is 0. The monoisotopic (exact) mass is 955 g/mol. The maximum Gasteiger partial charge on any atom is 0.306 e. The van der Waals surface area contributed by atoms with Crippen molar-refractivity contribution in [3.05, 3.63) is 122 Å². The zero-order chi connectivity index (χ0) is 50.0. The standard InChI is InChI=1S/C63H102O6/c1-4-7-10-13-16-19-22-25-28-31-34-37-40-43-46-49-52-55-61(64)67-58-60(69-63(66)57-54-51-48-45-42-39-36-33-30-27-24-21-18-15-12-9-6-3)59-68-62(65)56-53-50-47-44-41-38-35-32-29-26-23-20-17-14-11-8-5-2/h7,10,13,16,18-19,21-22,25,27-28,30-31,34,36-37,39-40,45,48,60H,4-6,8-9,11-12,14-15,17,20,23-24,26,29,32-33,35,38,41-44,46-47,49-59H2,1-3H3/b10-7-,16-13-,21-18-,22-19-,28-25-,30-27-,34-31+,39-36-,40-37-,48-45-. The van der Waals surface area contributed by atoms with Gasteiger partial charge in [0.15, 0.2) is 6.10 Å². The molecule has 69 heavy (non-hydrogen) atoms. The molecular weight excluding hydrogens is 853 g/mol. The first-order chi connectivity index (χ1) is 34.0. The molecule has 0 heterocycles. The zero-order valence-electron chi connectivity index (χ0n) is 44.5. The van der Waals surface area contributed by atoms with E-state index in [9.17, 15) is 14.4 Å². The fourth-order valence-electron chi connectivity index (χ4n) is 7.41. The van der Waals surface area contributed by atoms with Crippen LogP contribution in [0.5, 0.6) is 0 Å². The van der Waals surface area contributed by atoms with Crippen LogP contribution in [0, 0.1) is 0 Å². The van der Waals surface area contributed by atoms with E-state index < -0.39 is 6.10 Å². The van der Waals surface area contributed by atoms with E-state index in [0.29, 0.717) is 19.3 Å². The molecule has 0 fully saturated rings. The Balaban J connectivity index is 4.56. The molecule has 0 aliphatic heterocycles. The van der Waals surface area contributed by atoms with Gasteiger partial charge in [-0.3, -0.25) is 14.4 Å². The number of rotatable bonds is 49. The molecule has 0 N–H and O–H groups in total. The van der Waals surface area contributed by atoms with Gasteiger partial charge >= 0.3 is 17.9 Å². The van der Waals surface area contributed by atoms with Crippen LogP contribution in [0.2, 0.25) is 0 Å². The SMILES string of the molecule is CC\C=C/C=C\C=C/C=C\C=C\C=C/CCCCCC(=O)OCC(COC(=O)CCCCCCCCCCCCCCCCCCC)OC(=O)CCC/C=C\C/C=C\C/C=C\C/C=C\CCCCC. The molecule has 0 aromatic heterocycles. The summed E-state index contributed by atoms with van der Waals surface area (Å²) in [7, 11) is 0. The predicted molar refractivity (Wildman–Crippen MR) is 297 cm³/mol. The topological polar surface area (TPSA) is 78.9 Å². The molecule has 0 amide bonds. The molecule has 1 atom stereocenters. The van der Waals surface area contributed by atoms with Crippen molar-refractivity contribution in [3.63, 3.8) is 0 Å². The third kappa shape index (κ3) is 54.6. The van der Waals surface area contributed by atoms with Crippen LogP contribution in [0.15, 0.2) is 122 Å². The zero-order valence-corrected chi connectivity index (χ0v) is 44.5. The van der Waals surface area contributed by atoms with Gasteiger partial charge in [0.2, 0.25) is 0 Å². The van der Waals surface area contributed by atoms with Crippen molar-refractivity contribution in [2.24, 2.45) is 0 Å². The largest absolute Gasteiger partial charge is 0.462 e. The maximum atomic E-state index is 12.8. The summed E-state index contributed by atoms with van der Waals surface area (Å²) in [5, 5.41) is 0. The van der Waals surface area contributed by atoms with Crippen molar-refractivity contribution in [2.75, 3.05) is 13.2 Å². The van der Waals surface area contributed by atoms with Gasteiger partial charge < -0.3 is 14.2 Å². The lowest BCUT2D eigenvalue weighted by Crippen LogP contribution is -2.30. The van der Waals surface area contributed by atoms with E-state index in [4.69, 9.17) is 14.2 Å².